The molecule has 0 fully saturated rings. The first kappa shape index (κ1) is 15.7. The summed E-state index contributed by atoms with van der Waals surface area (Å²) in [6, 6.07) is -1.08. The third kappa shape index (κ3) is 5.56. The molecule has 1 aromatic heterocycles. The van der Waals surface area contributed by atoms with E-state index in [0.717, 1.165) is 0 Å². The first-order valence-corrected chi connectivity index (χ1v) is 4.77. The van der Waals surface area contributed by atoms with Crippen molar-refractivity contribution in [3.8, 4) is 0 Å². The van der Waals surface area contributed by atoms with E-state index >= 15 is 0 Å². The van der Waals surface area contributed by atoms with E-state index < -0.39 is 17.9 Å². The monoisotopic (exact) mass is 289 g/mol. The number of aromatic amines is 1. The van der Waals surface area contributed by atoms with E-state index in [1.807, 2.05) is 0 Å². The fraction of sp³-hybridized carbons (Fsp3) is 0.444. The van der Waals surface area contributed by atoms with Crippen molar-refractivity contribution in [3.05, 3.63) is 23.5 Å². The predicted molar refractivity (Wildman–Crippen MR) is 55.8 cm³/mol. The van der Waals surface area contributed by atoms with Crippen molar-refractivity contribution < 1.29 is 34.2 Å². The number of carboxylic acids is 1. The molecule has 17 heavy (non-hydrogen) atoms. The minimum absolute atomic E-state index is 0. The van der Waals surface area contributed by atoms with Gasteiger partial charge in [-0.2, -0.15) is 0 Å². The van der Waals surface area contributed by atoms with Gasteiger partial charge in [0.25, 0.3) is 5.97 Å². The molecule has 0 saturated heterocycles. The van der Waals surface area contributed by atoms with E-state index in [0.29, 0.717) is 5.69 Å². The third-order valence-corrected chi connectivity index (χ3v) is 1.91. The number of hydrogen-bond donors (Lipinski definition) is 3. The Balaban J connectivity index is 0.00000256. The van der Waals surface area contributed by atoms with Crippen molar-refractivity contribution in [2.45, 2.75) is 18.9 Å². The van der Waals surface area contributed by atoms with E-state index in [-0.39, 0.29) is 38.9 Å². The van der Waals surface area contributed by atoms with Crippen LogP contribution in [0.25, 0.3) is 5.32 Å². The second-order valence-corrected chi connectivity index (χ2v) is 3.20. The molecule has 8 heteroatoms. The van der Waals surface area contributed by atoms with Gasteiger partial charge >= 0.3 is 19.5 Å². The molecule has 1 aromatic rings. The van der Waals surface area contributed by atoms with E-state index in [4.69, 9.17) is 10.8 Å². The average molecular weight is 291 g/mol. The van der Waals surface area contributed by atoms with Crippen LogP contribution in [0.1, 0.15) is 12.1 Å². The molecule has 0 saturated carbocycles. The molecule has 0 spiro atoms. The van der Waals surface area contributed by atoms with Crippen molar-refractivity contribution in [1.82, 2.24) is 9.97 Å². The normalized spacial score (nSPS) is 11.4. The Morgan fingerprint density at radius 3 is 2.76 bits per heavy atom. The number of carboxylic acid groups (broad SMARTS) is 1. The molecule has 0 aliphatic rings. The predicted octanol–water partition coefficient (Wildman–Crippen LogP) is -0.348. The van der Waals surface area contributed by atoms with Crippen molar-refractivity contribution in [1.29, 1.82) is 0 Å². The molecular weight excluding hydrogens is 278 g/mol. The van der Waals surface area contributed by atoms with E-state index in [9.17, 15) is 9.59 Å². The summed E-state index contributed by atoms with van der Waals surface area (Å²) in [6.45, 7) is 0.165. The minimum Gasteiger partial charge on any atom is -0.641 e. The van der Waals surface area contributed by atoms with Crippen molar-refractivity contribution in [3.63, 3.8) is 0 Å². The number of nitrogens with one attached hydrogen (secondary N) is 1. The van der Waals surface area contributed by atoms with Crippen LogP contribution in [0.15, 0.2) is 12.5 Å². The molecule has 0 aromatic carbocycles. The first-order chi connectivity index (χ1) is 7.63. The zero-order valence-electron chi connectivity index (χ0n) is 9.30. The van der Waals surface area contributed by atoms with Gasteiger partial charge in [-0.3, -0.25) is 4.79 Å². The van der Waals surface area contributed by atoms with Gasteiger partial charge in [-0.05, 0) is 19.0 Å². The second kappa shape index (κ2) is 7.92. The summed E-state index contributed by atoms with van der Waals surface area (Å²) in [6.07, 6.45) is 3.12. The molecule has 4 N–H and O–H groups in total. The molecule has 0 bridgehead atoms. The fourth-order valence-electron chi connectivity index (χ4n) is 1.15. The Bertz CT molecular complexity index is 355. The van der Waals surface area contributed by atoms with Gasteiger partial charge < -0.3 is 25.9 Å². The molecule has 7 nitrogen and oxygen atoms in total. The summed E-state index contributed by atoms with van der Waals surface area (Å²) >= 11 is 0. The van der Waals surface area contributed by atoms with Crippen LogP contribution in [0, 0.1) is 0 Å². The summed E-state index contributed by atoms with van der Waals surface area (Å²) in [4.78, 5) is 28.5. The van der Waals surface area contributed by atoms with Crippen LogP contribution in [-0.2, 0) is 35.5 Å². The zero-order valence-corrected chi connectivity index (χ0v) is 12.3. The molecule has 1 amide bonds. The van der Waals surface area contributed by atoms with Gasteiger partial charge in [0.2, 0.25) is 0 Å². The van der Waals surface area contributed by atoms with Gasteiger partial charge in [-0.15, -0.1) is 0 Å². The van der Waals surface area contributed by atoms with E-state index in [1.54, 1.807) is 0 Å². The summed E-state index contributed by atoms with van der Waals surface area (Å²) in [5, 5.41) is 12.5. The Morgan fingerprint density at radius 1 is 1.59 bits per heavy atom. The Kier molecular flexibility index (Phi) is 7.33. The van der Waals surface area contributed by atoms with Crippen molar-refractivity contribution >= 4 is 11.9 Å². The number of imidazole rings is 1. The largest absolute Gasteiger partial charge is 2.00 e. The molecule has 0 aliphatic heterocycles. The van der Waals surface area contributed by atoms with Crippen molar-refractivity contribution in [2.75, 3.05) is 6.54 Å². The van der Waals surface area contributed by atoms with Crippen LogP contribution in [0.5, 0.6) is 0 Å². The summed E-state index contributed by atoms with van der Waals surface area (Å²) in [5.74, 6) is -1.63. The molecule has 0 aliphatic carbocycles. The number of rotatable bonds is 6. The van der Waals surface area contributed by atoms with Crippen LogP contribution >= 0.6 is 0 Å². The number of H-pyrrole nitrogens is 1. The number of nitrogens with two attached hydrogens (primary N) is 1. The van der Waals surface area contributed by atoms with Gasteiger partial charge in [0, 0.05) is 18.3 Å². The number of carbonyl (C=O) groups is 2. The second-order valence-electron chi connectivity index (χ2n) is 3.20. The summed E-state index contributed by atoms with van der Waals surface area (Å²) in [7, 11) is 0. The van der Waals surface area contributed by atoms with Gasteiger partial charge in [-0.1, -0.05) is 0 Å². The maximum Gasteiger partial charge on any atom is 2.00 e. The van der Waals surface area contributed by atoms with Crippen LogP contribution in [0.4, 0.5) is 0 Å². The molecule has 0 radical (unpaired) electrons. The summed E-state index contributed by atoms with van der Waals surface area (Å²) in [5.41, 5.74) is 5.79. The smallest absolute Gasteiger partial charge is 0.641 e. The van der Waals surface area contributed by atoms with Crippen LogP contribution < -0.4 is 5.73 Å². The zero-order chi connectivity index (χ0) is 12.0. The standard InChI is InChI=1S/C9H14N4O3.Zn/c10-2-1-8(14)13-7(9(15)16)3-6-4-11-5-12-6;/h4-5,7H,1-3,10H2,(H3,11,12,13,14,15,16);/q;+2/p-1/t7-;/m0./s1. The molecular formula is C9H13N4O3Zn+. The SMILES string of the molecule is NCCC(=O)[N-][C@@H](Cc1cnc[nH]1)C(=O)O.[Zn+2]. The Hall–Kier alpha value is -1.27. The number of aliphatic carboxylic acids is 1. The van der Waals surface area contributed by atoms with Crippen LogP contribution in [0.3, 0.4) is 0 Å². The maximum absolute atomic E-state index is 11.2. The quantitative estimate of drug-likeness (QED) is 0.618. The number of amides is 1. The van der Waals surface area contributed by atoms with Gasteiger partial charge in [0.15, 0.2) is 0 Å². The fourth-order valence-corrected chi connectivity index (χ4v) is 1.15. The minimum atomic E-state index is -1.14. The van der Waals surface area contributed by atoms with Gasteiger partial charge in [0.1, 0.15) is 0 Å². The van der Waals surface area contributed by atoms with Gasteiger partial charge in [0.05, 0.1) is 12.2 Å². The Morgan fingerprint density at radius 2 is 2.29 bits per heavy atom. The number of nitrogens with zero attached hydrogens (tertiary/aromatic N) is 2. The topological polar surface area (TPSA) is 123 Å². The van der Waals surface area contributed by atoms with Crippen molar-refractivity contribution in [2.24, 2.45) is 5.73 Å². The maximum atomic E-state index is 11.2. The number of aromatic nitrogens is 2. The number of carbonyl (C=O) groups excluding carboxylic acids is 1. The molecule has 1 atom stereocenters. The number of hydrogen-bond acceptors (Lipinski definition) is 4. The van der Waals surface area contributed by atoms with Crippen LogP contribution in [-0.4, -0.2) is 39.5 Å². The molecule has 1 heterocycles. The van der Waals surface area contributed by atoms with E-state index in [1.165, 1.54) is 12.5 Å². The summed E-state index contributed by atoms with van der Waals surface area (Å²) < 4.78 is 0. The van der Waals surface area contributed by atoms with Crippen LogP contribution in [0.2, 0.25) is 0 Å². The van der Waals surface area contributed by atoms with Gasteiger partial charge in [-0.25, -0.2) is 4.98 Å². The van der Waals surface area contributed by atoms with E-state index in [2.05, 4.69) is 15.3 Å². The molecule has 88 valence electrons. The Labute approximate surface area is 111 Å². The average Bonchev–Trinajstić information content (AvgIpc) is 2.69. The molecule has 0 unspecified atom stereocenters. The third-order valence-electron chi connectivity index (χ3n) is 1.91. The first-order valence-electron chi connectivity index (χ1n) is 4.77. The molecule has 1 rings (SSSR count).